The molecule has 0 radical (unpaired) electrons. The van der Waals surface area contributed by atoms with Crippen LogP contribution in [0.3, 0.4) is 0 Å². The lowest BCUT2D eigenvalue weighted by atomic mass is 9.86. The number of carbonyl (C=O) groups excluding carboxylic acids is 2. The minimum atomic E-state index is -0.0323. The first-order valence-electron chi connectivity index (χ1n) is 9.42. The smallest absolute Gasteiger partial charge is 0.320 e. The molecule has 0 spiro atoms. The van der Waals surface area contributed by atoms with Crippen LogP contribution in [0.4, 0.5) is 4.79 Å². The summed E-state index contributed by atoms with van der Waals surface area (Å²) in [5.41, 5.74) is 2.36. The summed E-state index contributed by atoms with van der Waals surface area (Å²) >= 11 is 0. The minimum absolute atomic E-state index is 0.0233. The summed E-state index contributed by atoms with van der Waals surface area (Å²) in [5, 5.41) is 3.14. The van der Waals surface area contributed by atoms with Crippen LogP contribution in [0.5, 0.6) is 0 Å². The quantitative estimate of drug-likeness (QED) is 0.894. The van der Waals surface area contributed by atoms with E-state index in [1.807, 2.05) is 17.0 Å². The number of benzene rings is 1. The highest BCUT2D eigenvalue weighted by molar-refractivity contribution is 5.85. The minimum Gasteiger partial charge on any atom is -0.352 e. The first-order chi connectivity index (χ1) is 12.0. The van der Waals surface area contributed by atoms with Gasteiger partial charge < -0.3 is 15.1 Å². The maximum absolute atomic E-state index is 12.6. The van der Waals surface area contributed by atoms with Crippen LogP contribution in [0.2, 0.25) is 0 Å². The van der Waals surface area contributed by atoms with Gasteiger partial charge in [-0.15, -0.1) is 0 Å². The average Bonchev–Trinajstić information content (AvgIpc) is 2.92. The van der Waals surface area contributed by atoms with E-state index >= 15 is 0 Å². The maximum atomic E-state index is 12.6. The Balaban J connectivity index is 1.51. The summed E-state index contributed by atoms with van der Waals surface area (Å²) in [4.78, 5) is 28.4. The fourth-order valence-electron chi connectivity index (χ4n) is 3.88. The molecule has 5 heteroatoms. The molecule has 2 aliphatic rings. The molecule has 3 rings (SSSR count). The molecule has 1 saturated heterocycles. The molecular formula is C20H29N3O2. The number of aryl methyl sites for hydroxylation is 1. The summed E-state index contributed by atoms with van der Waals surface area (Å²) in [6.07, 6.45) is 4.67. The van der Waals surface area contributed by atoms with Gasteiger partial charge in [0.25, 0.3) is 0 Å². The van der Waals surface area contributed by atoms with Gasteiger partial charge in [-0.25, -0.2) is 4.79 Å². The van der Waals surface area contributed by atoms with Gasteiger partial charge in [0.1, 0.15) is 6.54 Å². The van der Waals surface area contributed by atoms with Crippen LogP contribution in [-0.4, -0.2) is 47.4 Å². The second kappa shape index (κ2) is 7.89. The van der Waals surface area contributed by atoms with Gasteiger partial charge in [-0.2, -0.15) is 0 Å². The molecule has 0 unspecified atom stereocenters. The lowest BCUT2D eigenvalue weighted by Crippen LogP contribution is -2.46. The van der Waals surface area contributed by atoms with Crippen LogP contribution in [0.1, 0.15) is 43.7 Å². The van der Waals surface area contributed by atoms with Gasteiger partial charge in [-0.1, -0.05) is 44.0 Å². The highest BCUT2D eigenvalue weighted by Gasteiger charge is 2.31. The van der Waals surface area contributed by atoms with Gasteiger partial charge in [-0.05, 0) is 36.8 Å². The Kier molecular flexibility index (Phi) is 5.61. The van der Waals surface area contributed by atoms with Crippen LogP contribution >= 0.6 is 0 Å². The Hall–Kier alpha value is -2.04. The Morgan fingerprint density at radius 2 is 1.88 bits per heavy atom. The van der Waals surface area contributed by atoms with Crippen molar-refractivity contribution in [2.75, 3.05) is 19.6 Å². The first kappa shape index (κ1) is 17.8. The molecular weight excluding hydrogens is 314 g/mol. The Bertz CT molecular complexity index is 631. The first-order valence-corrected chi connectivity index (χ1v) is 9.42. The number of nitrogens with one attached hydrogen (secondary N) is 1. The van der Waals surface area contributed by atoms with Crippen molar-refractivity contribution in [1.29, 1.82) is 0 Å². The summed E-state index contributed by atoms with van der Waals surface area (Å²) in [5.74, 6) is 0.509. The van der Waals surface area contributed by atoms with E-state index < -0.39 is 0 Å². The number of hydrogen-bond acceptors (Lipinski definition) is 2. The standard InChI is InChI=1S/C20H29N3O2/c1-15-7-3-5-9-17(15)13-22-11-12-23(20(22)25)14-19(24)21-18-10-6-4-8-16(18)2/h3,5,7,9,16,18H,4,6,8,10-14H2,1-2H3,(H,21,24)/t16-,18+/m1/s1. The van der Waals surface area contributed by atoms with Gasteiger partial charge in [0.15, 0.2) is 0 Å². The molecule has 1 aliphatic carbocycles. The van der Waals surface area contributed by atoms with Crippen molar-refractivity contribution in [2.45, 2.75) is 52.1 Å². The molecule has 1 aliphatic heterocycles. The molecule has 2 fully saturated rings. The van der Waals surface area contributed by atoms with Crippen molar-refractivity contribution in [2.24, 2.45) is 5.92 Å². The van der Waals surface area contributed by atoms with Gasteiger partial charge in [0.2, 0.25) is 5.91 Å². The van der Waals surface area contributed by atoms with Crippen LogP contribution in [0.15, 0.2) is 24.3 Å². The molecule has 5 nitrogen and oxygen atoms in total. The zero-order chi connectivity index (χ0) is 17.8. The molecule has 2 atom stereocenters. The average molecular weight is 343 g/mol. The van der Waals surface area contributed by atoms with E-state index in [0.29, 0.717) is 25.6 Å². The SMILES string of the molecule is Cc1ccccc1CN1CCN(CC(=O)N[C@H]2CCCC[C@H]2C)C1=O. The monoisotopic (exact) mass is 343 g/mol. The third-order valence-corrected chi connectivity index (χ3v) is 5.60. The molecule has 1 saturated carbocycles. The number of carbonyl (C=O) groups is 2. The van der Waals surface area contributed by atoms with Gasteiger partial charge in [0.05, 0.1) is 0 Å². The number of amides is 3. The Labute approximate surface area is 150 Å². The molecule has 25 heavy (non-hydrogen) atoms. The molecule has 1 heterocycles. The van der Waals surface area contributed by atoms with Crippen molar-refractivity contribution < 1.29 is 9.59 Å². The van der Waals surface area contributed by atoms with Crippen molar-refractivity contribution in [1.82, 2.24) is 15.1 Å². The van der Waals surface area contributed by atoms with Gasteiger partial charge >= 0.3 is 6.03 Å². The fraction of sp³-hybridized carbons (Fsp3) is 0.600. The number of urea groups is 1. The van der Waals surface area contributed by atoms with E-state index in [1.54, 1.807) is 4.90 Å². The molecule has 1 aromatic rings. The normalized spacial score (nSPS) is 23.8. The van der Waals surface area contributed by atoms with Crippen LogP contribution < -0.4 is 5.32 Å². The predicted molar refractivity (Wildman–Crippen MR) is 98.1 cm³/mol. The van der Waals surface area contributed by atoms with E-state index in [9.17, 15) is 9.59 Å². The van der Waals surface area contributed by atoms with E-state index in [1.165, 1.54) is 24.8 Å². The number of nitrogens with zero attached hydrogens (tertiary/aromatic N) is 2. The summed E-state index contributed by atoms with van der Waals surface area (Å²) in [7, 11) is 0. The third-order valence-electron chi connectivity index (χ3n) is 5.60. The lowest BCUT2D eigenvalue weighted by molar-refractivity contribution is -0.122. The Morgan fingerprint density at radius 1 is 1.16 bits per heavy atom. The second-order valence-corrected chi connectivity index (χ2v) is 7.49. The van der Waals surface area contributed by atoms with Crippen LogP contribution in [0.25, 0.3) is 0 Å². The highest BCUT2D eigenvalue weighted by Crippen LogP contribution is 2.23. The third kappa shape index (κ3) is 4.33. The predicted octanol–water partition coefficient (Wildman–Crippen LogP) is 2.93. The topological polar surface area (TPSA) is 52.6 Å². The van der Waals surface area contributed by atoms with Crippen LogP contribution in [-0.2, 0) is 11.3 Å². The summed E-state index contributed by atoms with van der Waals surface area (Å²) < 4.78 is 0. The summed E-state index contributed by atoms with van der Waals surface area (Å²) in [6, 6.07) is 8.36. The summed E-state index contributed by atoms with van der Waals surface area (Å²) in [6.45, 7) is 6.36. The molecule has 0 bridgehead atoms. The van der Waals surface area contributed by atoms with Crippen molar-refractivity contribution in [3.63, 3.8) is 0 Å². The largest absolute Gasteiger partial charge is 0.352 e. The van der Waals surface area contributed by atoms with Crippen molar-refractivity contribution in [3.8, 4) is 0 Å². The Morgan fingerprint density at radius 3 is 2.64 bits per heavy atom. The van der Waals surface area contributed by atoms with Crippen LogP contribution in [0, 0.1) is 12.8 Å². The van der Waals surface area contributed by atoms with Gasteiger partial charge in [0, 0.05) is 25.7 Å². The molecule has 3 amide bonds. The van der Waals surface area contributed by atoms with Crippen molar-refractivity contribution in [3.05, 3.63) is 35.4 Å². The highest BCUT2D eigenvalue weighted by atomic mass is 16.2. The van der Waals surface area contributed by atoms with E-state index in [4.69, 9.17) is 0 Å². The molecule has 1 aromatic carbocycles. The zero-order valence-corrected chi connectivity index (χ0v) is 15.3. The molecule has 136 valence electrons. The fourth-order valence-corrected chi connectivity index (χ4v) is 3.88. The van der Waals surface area contributed by atoms with Gasteiger partial charge in [-0.3, -0.25) is 4.79 Å². The van der Waals surface area contributed by atoms with Crippen molar-refractivity contribution >= 4 is 11.9 Å². The number of hydrogen-bond donors (Lipinski definition) is 1. The number of rotatable bonds is 5. The van der Waals surface area contributed by atoms with E-state index in [2.05, 4.69) is 31.3 Å². The zero-order valence-electron chi connectivity index (χ0n) is 15.3. The maximum Gasteiger partial charge on any atom is 0.320 e. The second-order valence-electron chi connectivity index (χ2n) is 7.49. The van der Waals surface area contributed by atoms with E-state index in [-0.39, 0.29) is 24.5 Å². The molecule has 1 N–H and O–H groups in total. The lowest BCUT2D eigenvalue weighted by Gasteiger charge is -2.30. The molecule has 0 aromatic heterocycles. The van der Waals surface area contributed by atoms with E-state index in [0.717, 1.165) is 12.0 Å².